The topological polar surface area (TPSA) is 230 Å². The van der Waals surface area contributed by atoms with Crippen molar-refractivity contribution in [1.82, 2.24) is 19.9 Å². The minimum atomic E-state index is -1.87. The third-order valence-corrected chi connectivity index (χ3v) is 5.92. The number of nitrogens with one attached hydrogen (secondary N) is 2. The third-order valence-electron chi connectivity index (χ3n) is 5.92. The Bertz CT molecular complexity index is 1130. The predicted octanol–water partition coefficient (Wildman–Crippen LogP) is -2.34. The van der Waals surface area contributed by atoms with Crippen molar-refractivity contribution < 1.29 is 39.5 Å². The smallest absolute Gasteiger partial charge is 0.329 e. The van der Waals surface area contributed by atoms with Gasteiger partial charge in [-0.2, -0.15) is 0 Å². The number of amides is 1. The van der Waals surface area contributed by atoms with E-state index < -0.39 is 72.0 Å². The molecule has 0 aromatic carbocycles. The molecule has 2 aromatic rings. The Labute approximate surface area is 198 Å². The van der Waals surface area contributed by atoms with Crippen LogP contribution in [0.15, 0.2) is 35.4 Å². The van der Waals surface area contributed by atoms with Gasteiger partial charge in [0.15, 0.2) is 18.1 Å². The SMILES string of the molecule is CC(=O)c1cn([C@@H]2O[C@H]([C@H](NC(=O)[C@H](N)[C@@H](C)[C@@H](O)c3ccccn3)C(=O)O)[C@@H](O)[C@H]2O)c(=O)[nH]1. The average molecular weight is 493 g/mol. The number of ether oxygens (including phenoxy) is 1. The number of hydrogen-bond donors (Lipinski definition) is 7. The summed E-state index contributed by atoms with van der Waals surface area (Å²) in [4.78, 5) is 54.6. The second kappa shape index (κ2) is 10.5. The summed E-state index contributed by atoms with van der Waals surface area (Å²) >= 11 is 0. The van der Waals surface area contributed by atoms with Gasteiger partial charge in [0.1, 0.15) is 30.1 Å². The number of aromatic amines is 1. The number of aromatic nitrogens is 3. The number of aliphatic carboxylic acids is 1. The number of aliphatic hydroxyl groups excluding tert-OH is 3. The van der Waals surface area contributed by atoms with E-state index >= 15 is 0 Å². The summed E-state index contributed by atoms with van der Waals surface area (Å²) in [5.74, 6) is -3.93. The number of nitrogens with two attached hydrogens (primary N) is 1. The fourth-order valence-corrected chi connectivity index (χ4v) is 3.76. The molecule has 0 saturated carbocycles. The lowest BCUT2D eigenvalue weighted by atomic mass is 9.92. The van der Waals surface area contributed by atoms with Gasteiger partial charge in [-0.3, -0.25) is 19.1 Å². The van der Waals surface area contributed by atoms with E-state index in [0.29, 0.717) is 0 Å². The molecule has 0 radical (unpaired) electrons. The molecule has 14 nitrogen and oxygen atoms in total. The molecule has 3 rings (SSSR count). The molecule has 1 aliphatic heterocycles. The van der Waals surface area contributed by atoms with Gasteiger partial charge >= 0.3 is 11.7 Å². The largest absolute Gasteiger partial charge is 0.480 e. The number of H-pyrrole nitrogens is 1. The van der Waals surface area contributed by atoms with Crippen LogP contribution in [0.5, 0.6) is 0 Å². The number of pyridine rings is 1. The summed E-state index contributed by atoms with van der Waals surface area (Å²) in [6.45, 7) is 2.68. The van der Waals surface area contributed by atoms with Crippen molar-refractivity contribution in [3.8, 4) is 0 Å². The lowest BCUT2D eigenvalue weighted by Gasteiger charge is -2.28. The summed E-state index contributed by atoms with van der Waals surface area (Å²) in [6, 6.07) is 1.57. The maximum atomic E-state index is 12.7. The molecule has 0 aliphatic carbocycles. The number of aliphatic hydroxyl groups is 3. The highest BCUT2D eigenvalue weighted by atomic mass is 16.6. The highest BCUT2D eigenvalue weighted by Gasteiger charge is 2.50. The van der Waals surface area contributed by atoms with E-state index in [1.165, 1.54) is 26.1 Å². The van der Waals surface area contributed by atoms with Gasteiger partial charge < -0.3 is 41.2 Å². The number of Topliss-reactive ketones (excluding diaryl/α,β-unsaturated/α-hetero) is 1. The first-order valence-corrected chi connectivity index (χ1v) is 10.7. The number of rotatable bonds is 9. The van der Waals surface area contributed by atoms with Gasteiger partial charge in [-0.15, -0.1) is 0 Å². The van der Waals surface area contributed by atoms with E-state index in [1.54, 1.807) is 12.1 Å². The highest BCUT2D eigenvalue weighted by molar-refractivity contribution is 5.91. The maximum Gasteiger partial charge on any atom is 0.329 e. The molecule has 1 saturated heterocycles. The standard InChI is InChI=1S/C21H27N5O9/c1-8(14(28)10-5-3-4-6-23-10)12(22)18(31)25-13(20(32)33)17-15(29)16(30)19(35-17)26-7-11(9(2)27)24-21(26)34/h3-8,12-17,19,28-30H,22H2,1-2H3,(H,24,34)(H,25,31)(H,32,33)/t8-,12-,13+,14-,15+,16-,17-,19-/m1/s1. The van der Waals surface area contributed by atoms with E-state index in [9.17, 15) is 39.6 Å². The van der Waals surface area contributed by atoms with E-state index in [0.717, 1.165) is 10.8 Å². The minimum absolute atomic E-state index is 0.0850. The van der Waals surface area contributed by atoms with Crippen molar-refractivity contribution in [2.75, 3.05) is 0 Å². The van der Waals surface area contributed by atoms with Crippen molar-refractivity contribution in [3.63, 3.8) is 0 Å². The van der Waals surface area contributed by atoms with E-state index in [-0.39, 0.29) is 11.4 Å². The van der Waals surface area contributed by atoms with Gasteiger partial charge in [0, 0.05) is 25.2 Å². The molecule has 14 heteroatoms. The van der Waals surface area contributed by atoms with Gasteiger partial charge in [-0.25, -0.2) is 9.59 Å². The number of ketones is 1. The van der Waals surface area contributed by atoms with Crippen molar-refractivity contribution >= 4 is 17.7 Å². The van der Waals surface area contributed by atoms with Crippen LogP contribution in [-0.2, 0) is 14.3 Å². The Hall–Kier alpha value is -3.43. The molecule has 2 aromatic heterocycles. The maximum absolute atomic E-state index is 12.7. The molecule has 3 heterocycles. The zero-order valence-electron chi connectivity index (χ0n) is 18.8. The van der Waals surface area contributed by atoms with Crippen LogP contribution in [-0.4, -0.2) is 83.0 Å². The summed E-state index contributed by atoms with van der Waals surface area (Å²) in [7, 11) is 0. The molecule has 190 valence electrons. The number of imidazole rings is 1. The lowest BCUT2D eigenvalue weighted by molar-refractivity contribution is -0.149. The van der Waals surface area contributed by atoms with Crippen molar-refractivity contribution in [3.05, 3.63) is 52.5 Å². The monoisotopic (exact) mass is 493 g/mol. The first kappa shape index (κ1) is 26.2. The molecule has 35 heavy (non-hydrogen) atoms. The molecule has 8 atom stereocenters. The van der Waals surface area contributed by atoms with Crippen LogP contribution in [0.1, 0.15) is 42.4 Å². The second-order valence-electron chi connectivity index (χ2n) is 8.32. The molecular weight excluding hydrogens is 466 g/mol. The van der Waals surface area contributed by atoms with Crippen molar-refractivity contribution in [1.29, 1.82) is 0 Å². The quantitative estimate of drug-likeness (QED) is 0.183. The molecule has 1 fully saturated rings. The van der Waals surface area contributed by atoms with Gasteiger partial charge in [0.25, 0.3) is 0 Å². The number of carbonyl (C=O) groups is 3. The lowest BCUT2D eigenvalue weighted by Crippen LogP contribution is -2.57. The van der Waals surface area contributed by atoms with Gasteiger partial charge in [-0.1, -0.05) is 13.0 Å². The van der Waals surface area contributed by atoms with E-state index in [1.807, 2.05) is 0 Å². The summed E-state index contributed by atoms with van der Waals surface area (Å²) < 4.78 is 6.27. The van der Waals surface area contributed by atoms with E-state index in [2.05, 4.69) is 15.3 Å². The van der Waals surface area contributed by atoms with Crippen LogP contribution in [0.2, 0.25) is 0 Å². The minimum Gasteiger partial charge on any atom is -0.480 e. The summed E-state index contributed by atoms with van der Waals surface area (Å²) in [6.07, 6.45) is -5.50. The Morgan fingerprint density at radius 1 is 1.26 bits per heavy atom. The molecular formula is C21H27N5O9. The molecule has 8 N–H and O–H groups in total. The molecule has 1 amide bonds. The van der Waals surface area contributed by atoms with Gasteiger partial charge in [0.2, 0.25) is 5.91 Å². The average Bonchev–Trinajstić information content (AvgIpc) is 3.35. The first-order chi connectivity index (χ1) is 16.4. The zero-order chi connectivity index (χ0) is 26.0. The highest BCUT2D eigenvalue weighted by Crippen LogP contribution is 2.31. The van der Waals surface area contributed by atoms with Gasteiger partial charge in [0.05, 0.1) is 11.7 Å². The van der Waals surface area contributed by atoms with Crippen molar-refractivity contribution in [2.24, 2.45) is 11.7 Å². The number of carboxylic acids is 1. The van der Waals surface area contributed by atoms with Crippen molar-refractivity contribution in [2.45, 2.75) is 56.6 Å². The molecule has 0 unspecified atom stereocenters. The summed E-state index contributed by atoms with van der Waals surface area (Å²) in [5, 5.41) is 43.2. The predicted molar refractivity (Wildman–Crippen MR) is 117 cm³/mol. The van der Waals surface area contributed by atoms with Crippen LogP contribution in [0.25, 0.3) is 0 Å². The number of nitrogens with zero attached hydrogens (tertiary/aromatic N) is 2. The molecule has 0 spiro atoms. The molecule has 1 aliphatic rings. The normalized spacial score (nSPS) is 25.4. The summed E-state index contributed by atoms with van der Waals surface area (Å²) in [5.41, 5.74) is 5.30. The fraction of sp³-hybridized carbons (Fsp3) is 0.476. The van der Waals surface area contributed by atoms with Crippen LogP contribution in [0.3, 0.4) is 0 Å². The number of carbonyl (C=O) groups excluding carboxylic acids is 2. The Morgan fingerprint density at radius 2 is 1.94 bits per heavy atom. The number of hydrogen-bond acceptors (Lipinski definition) is 10. The van der Waals surface area contributed by atoms with Crippen LogP contribution in [0.4, 0.5) is 0 Å². The van der Waals surface area contributed by atoms with Gasteiger partial charge in [-0.05, 0) is 12.1 Å². The second-order valence-corrected chi connectivity index (χ2v) is 8.32. The third kappa shape index (κ3) is 5.31. The first-order valence-electron chi connectivity index (χ1n) is 10.7. The fourth-order valence-electron chi connectivity index (χ4n) is 3.76. The Balaban J connectivity index is 1.76. The zero-order valence-corrected chi connectivity index (χ0v) is 18.8. The van der Waals surface area contributed by atoms with Crippen LogP contribution < -0.4 is 16.7 Å². The van der Waals surface area contributed by atoms with Crippen LogP contribution in [0, 0.1) is 5.92 Å². The Morgan fingerprint density at radius 3 is 2.49 bits per heavy atom. The van der Waals surface area contributed by atoms with Crippen LogP contribution >= 0.6 is 0 Å². The molecule has 0 bridgehead atoms. The Kier molecular flexibility index (Phi) is 7.82. The van der Waals surface area contributed by atoms with E-state index in [4.69, 9.17) is 10.5 Å². The number of carboxylic acid groups (broad SMARTS) is 1.